The lowest BCUT2D eigenvalue weighted by Crippen LogP contribution is -2.40. The first kappa shape index (κ1) is 20.2. The number of furan rings is 1. The Balaban J connectivity index is 2.17. The SMILES string of the molecule is CCN(CC)C(=O)c1ccc(CN(Cc2ccccc2F)C(C)(C)C)o1. The van der Waals surface area contributed by atoms with Gasteiger partial charge in [-0.25, -0.2) is 4.39 Å². The summed E-state index contributed by atoms with van der Waals surface area (Å²) in [5.41, 5.74) is 0.464. The van der Waals surface area contributed by atoms with Crippen LogP contribution in [0, 0.1) is 5.82 Å². The molecular formula is C21H29FN2O2. The van der Waals surface area contributed by atoms with Crippen molar-refractivity contribution >= 4 is 5.91 Å². The zero-order valence-corrected chi connectivity index (χ0v) is 16.4. The molecule has 0 N–H and O–H groups in total. The largest absolute Gasteiger partial charge is 0.455 e. The fourth-order valence-corrected chi connectivity index (χ4v) is 2.80. The molecule has 0 unspecified atom stereocenters. The standard InChI is InChI=1S/C21H29FN2O2/c1-6-23(7-2)20(25)19-13-12-17(26-19)15-24(21(3,4)5)14-16-10-8-9-11-18(16)22/h8-13H,6-7,14-15H2,1-5H3. The summed E-state index contributed by atoms with van der Waals surface area (Å²) < 4.78 is 19.9. The van der Waals surface area contributed by atoms with E-state index in [1.165, 1.54) is 6.07 Å². The zero-order chi connectivity index (χ0) is 19.3. The van der Waals surface area contributed by atoms with Gasteiger partial charge in [0.1, 0.15) is 11.6 Å². The van der Waals surface area contributed by atoms with E-state index in [9.17, 15) is 9.18 Å². The van der Waals surface area contributed by atoms with Gasteiger partial charge < -0.3 is 9.32 Å². The molecule has 0 radical (unpaired) electrons. The molecule has 0 aliphatic carbocycles. The fraction of sp³-hybridized carbons (Fsp3) is 0.476. The molecule has 1 aromatic heterocycles. The Morgan fingerprint density at radius 3 is 2.27 bits per heavy atom. The topological polar surface area (TPSA) is 36.7 Å². The van der Waals surface area contributed by atoms with E-state index in [-0.39, 0.29) is 17.3 Å². The van der Waals surface area contributed by atoms with Crippen LogP contribution in [-0.4, -0.2) is 34.3 Å². The van der Waals surface area contributed by atoms with E-state index in [4.69, 9.17) is 4.42 Å². The van der Waals surface area contributed by atoms with Crippen LogP contribution in [0.1, 0.15) is 56.5 Å². The third kappa shape index (κ3) is 4.94. The lowest BCUT2D eigenvalue weighted by atomic mass is 10.0. The van der Waals surface area contributed by atoms with Crippen LogP contribution in [0.15, 0.2) is 40.8 Å². The number of amides is 1. The highest BCUT2D eigenvalue weighted by Gasteiger charge is 2.25. The molecule has 0 spiro atoms. The second-order valence-corrected chi connectivity index (χ2v) is 7.36. The summed E-state index contributed by atoms with van der Waals surface area (Å²) in [5.74, 6) is 0.742. The molecular weight excluding hydrogens is 331 g/mol. The van der Waals surface area contributed by atoms with Crippen molar-refractivity contribution in [2.45, 2.75) is 53.2 Å². The Morgan fingerprint density at radius 2 is 1.69 bits per heavy atom. The van der Waals surface area contributed by atoms with Crippen molar-refractivity contribution in [3.8, 4) is 0 Å². The molecule has 0 aliphatic rings. The van der Waals surface area contributed by atoms with Gasteiger partial charge in [-0.1, -0.05) is 18.2 Å². The zero-order valence-electron chi connectivity index (χ0n) is 16.4. The monoisotopic (exact) mass is 360 g/mol. The van der Waals surface area contributed by atoms with Crippen LogP contribution in [0.2, 0.25) is 0 Å². The van der Waals surface area contributed by atoms with Gasteiger partial charge in [-0.05, 0) is 52.8 Å². The van der Waals surface area contributed by atoms with Crippen molar-refractivity contribution in [1.29, 1.82) is 0 Å². The minimum atomic E-state index is -0.210. The molecule has 0 saturated heterocycles. The van der Waals surface area contributed by atoms with Crippen LogP contribution in [-0.2, 0) is 13.1 Å². The maximum absolute atomic E-state index is 14.1. The number of hydrogen-bond donors (Lipinski definition) is 0. The highest BCUT2D eigenvalue weighted by Crippen LogP contribution is 2.23. The molecule has 0 saturated carbocycles. The Labute approximate surface area is 155 Å². The minimum Gasteiger partial charge on any atom is -0.455 e. The van der Waals surface area contributed by atoms with Gasteiger partial charge in [-0.3, -0.25) is 9.69 Å². The van der Waals surface area contributed by atoms with Crippen LogP contribution >= 0.6 is 0 Å². The highest BCUT2D eigenvalue weighted by molar-refractivity contribution is 5.91. The number of benzene rings is 1. The van der Waals surface area contributed by atoms with Crippen LogP contribution in [0.25, 0.3) is 0 Å². The molecule has 4 nitrogen and oxygen atoms in total. The van der Waals surface area contributed by atoms with Crippen molar-refractivity contribution in [3.05, 3.63) is 59.3 Å². The summed E-state index contributed by atoms with van der Waals surface area (Å²) in [4.78, 5) is 16.3. The molecule has 142 valence electrons. The minimum absolute atomic E-state index is 0.0994. The molecule has 1 aromatic carbocycles. The number of halogens is 1. The number of hydrogen-bond acceptors (Lipinski definition) is 3. The summed E-state index contributed by atoms with van der Waals surface area (Å²) in [6, 6.07) is 10.4. The highest BCUT2D eigenvalue weighted by atomic mass is 19.1. The molecule has 2 rings (SSSR count). The molecule has 5 heteroatoms. The first-order valence-corrected chi connectivity index (χ1v) is 9.12. The molecule has 0 aliphatic heterocycles. The predicted molar refractivity (Wildman–Crippen MR) is 101 cm³/mol. The average Bonchev–Trinajstić information content (AvgIpc) is 3.05. The van der Waals surface area contributed by atoms with Crippen LogP contribution < -0.4 is 0 Å². The van der Waals surface area contributed by atoms with E-state index >= 15 is 0 Å². The Kier molecular flexibility index (Phi) is 6.59. The predicted octanol–water partition coefficient (Wildman–Crippen LogP) is 4.70. The second-order valence-electron chi connectivity index (χ2n) is 7.36. The lowest BCUT2D eigenvalue weighted by molar-refractivity contribution is 0.0729. The third-order valence-corrected chi connectivity index (χ3v) is 4.54. The average molecular weight is 360 g/mol. The normalized spacial score (nSPS) is 11.8. The fourth-order valence-electron chi connectivity index (χ4n) is 2.80. The quantitative estimate of drug-likeness (QED) is 0.718. The van der Waals surface area contributed by atoms with E-state index in [1.807, 2.05) is 26.0 Å². The maximum atomic E-state index is 14.1. The molecule has 2 aromatic rings. The van der Waals surface area contributed by atoms with Crippen LogP contribution in [0.5, 0.6) is 0 Å². The number of nitrogens with zero attached hydrogens (tertiary/aromatic N) is 2. The van der Waals surface area contributed by atoms with E-state index in [0.717, 1.165) is 0 Å². The molecule has 26 heavy (non-hydrogen) atoms. The van der Waals surface area contributed by atoms with E-state index in [1.54, 1.807) is 23.1 Å². The summed E-state index contributed by atoms with van der Waals surface area (Å²) in [7, 11) is 0. The molecule has 0 fully saturated rings. The third-order valence-electron chi connectivity index (χ3n) is 4.54. The number of rotatable bonds is 7. The van der Waals surface area contributed by atoms with Gasteiger partial charge in [0.15, 0.2) is 5.76 Å². The summed E-state index contributed by atoms with van der Waals surface area (Å²) in [6.07, 6.45) is 0. The molecule has 1 amide bonds. The Morgan fingerprint density at radius 1 is 1.04 bits per heavy atom. The number of carbonyl (C=O) groups is 1. The maximum Gasteiger partial charge on any atom is 0.289 e. The van der Waals surface area contributed by atoms with Crippen molar-refractivity contribution in [3.63, 3.8) is 0 Å². The summed E-state index contributed by atoms with van der Waals surface area (Å²) >= 11 is 0. The van der Waals surface area contributed by atoms with Crippen molar-refractivity contribution in [2.75, 3.05) is 13.1 Å². The van der Waals surface area contributed by atoms with Gasteiger partial charge in [0, 0.05) is 30.7 Å². The van der Waals surface area contributed by atoms with Gasteiger partial charge in [-0.15, -0.1) is 0 Å². The van der Waals surface area contributed by atoms with E-state index < -0.39 is 0 Å². The van der Waals surface area contributed by atoms with Crippen molar-refractivity contribution < 1.29 is 13.6 Å². The van der Waals surface area contributed by atoms with Gasteiger partial charge >= 0.3 is 0 Å². The van der Waals surface area contributed by atoms with Crippen LogP contribution in [0.4, 0.5) is 4.39 Å². The van der Waals surface area contributed by atoms with Crippen LogP contribution in [0.3, 0.4) is 0 Å². The van der Waals surface area contributed by atoms with E-state index in [2.05, 4.69) is 25.7 Å². The Hall–Kier alpha value is -2.14. The smallest absolute Gasteiger partial charge is 0.289 e. The van der Waals surface area contributed by atoms with Gasteiger partial charge in [-0.2, -0.15) is 0 Å². The Bertz CT molecular complexity index is 730. The molecule has 0 atom stereocenters. The van der Waals surface area contributed by atoms with Gasteiger partial charge in [0.2, 0.25) is 0 Å². The second kappa shape index (κ2) is 8.49. The van der Waals surface area contributed by atoms with Gasteiger partial charge in [0.25, 0.3) is 5.91 Å². The van der Waals surface area contributed by atoms with Crippen molar-refractivity contribution in [1.82, 2.24) is 9.80 Å². The first-order chi connectivity index (χ1) is 12.3. The number of carbonyl (C=O) groups excluding carboxylic acids is 1. The van der Waals surface area contributed by atoms with Gasteiger partial charge in [0.05, 0.1) is 6.54 Å². The van der Waals surface area contributed by atoms with E-state index in [0.29, 0.717) is 43.3 Å². The molecule has 1 heterocycles. The first-order valence-electron chi connectivity index (χ1n) is 9.12. The summed E-state index contributed by atoms with van der Waals surface area (Å²) in [6.45, 7) is 12.4. The van der Waals surface area contributed by atoms with Crippen molar-refractivity contribution in [2.24, 2.45) is 0 Å². The lowest BCUT2D eigenvalue weighted by Gasteiger charge is -2.35. The summed E-state index contributed by atoms with van der Waals surface area (Å²) in [5, 5.41) is 0. The molecule has 0 bridgehead atoms.